The average Bonchev–Trinajstić information content (AvgIpc) is 2.30. The largest absolute Gasteiger partial charge is 0.379 e. The van der Waals surface area contributed by atoms with Crippen LogP contribution in [0.2, 0.25) is 0 Å². The van der Waals surface area contributed by atoms with Crippen molar-refractivity contribution in [1.82, 2.24) is 4.90 Å². The van der Waals surface area contributed by atoms with E-state index in [4.69, 9.17) is 4.74 Å². The number of benzene rings is 1. The molecule has 1 heterocycles. The van der Waals surface area contributed by atoms with Gasteiger partial charge in [-0.3, -0.25) is 4.90 Å². The summed E-state index contributed by atoms with van der Waals surface area (Å²) in [6.07, 6.45) is 1.18. The molecule has 1 fully saturated rings. The molecule has 1 aromatic rings. The molecule has 17 heavy (non-hydrogen) atoms. The van der Waals surface area contributed by atoms with Crippen LogP contribution in [0.15, 0.2) is 24.3 Å². The Morgan fingerprint density at radius 1 is 1.18 bits per heavy atom. The van der Waals surface area contributed by atoms with Gasteiger partial charge in [0.25, 0.3) is 0 Å². The molecule has 1 aliphatic heterocycles. The van der Waals surface area contributed by atoms with Gasteiger partial charge in [0.05, 0.1) is 13.2 Å². The van der Waals surface area contributed by atoms with Crippen molar-refractivity contribution in [2.24, 2.45) is 5.92 Å². The Hall–Kier alpha value is -0.860. The number of nitrogens with zero attached hydrogens (tertiary/aromatic N) is 1. The summed E-state index contributed by atoms with van der Waals surface area (Å²) >= 11 is 0. The van der Waals surface area contributed by atoms with Crippen molar-refractivity contribution in [3.05, 3.63) is 35.4 Å². The maximum Gasteiger partial charge on any atom is 0.0594 e. The summed E-state index contributed by atoms with van der Waals surface area (Å²) < 4.78 is 5.37. The Balaban J connectivity index is 1.95. The molecule has 2 nitrogen and oxygen atoms in total. The maximum atomic E-state index is 5.37. The molecule has 94 valence electrons. The highest BCUT2D eigenvalue weighted by atomic mass is 16.5. The van der Waals surface area contributed by atoms with Crippen molar-refractivity contribution >= 4 is 0 Å². The van der Waals surface area contributed by atoms with E-state index in [-0.39, 0.29) is 0 Å². The van der Waals surface area contributed by atoms with Crippen molar-refractivity contribution < 1.29 is 4.74 Å². The Morgan fingerprint density at radius 2 is 1.88 bits per heavy atom. The highest BCUT2D eigenvalue weighted by Crippen LogP contribution is 2.13. The first-order valence-corrected chi connectivity index (χ1v) is 6.62. The Bertz CT molecular complexity index is 343. The second kappa shape index (κ2) is 6.18. The molecular formula is C15H23NO. The minimum absolute atomic E-state index is 0.730. The second-order valence-corrected chi connectivity index (χ2v) is 5.31. The lowest BCUT2D eigenvalue weighted by atomic mass is 10.0. The third-order valence-electron chi connectivity index (χ3n) is 3.15. The smallest absolute Gasteiger partial charge is 0.0594 e. The quantitative estimate of drug-likeness (QED) is 0.793. The highest BCUT2D eigenvalue weighted by Gasteiger charge is 2.10. The summed E-state index contributed by atoms with van der Waals surface area (Å²) in [6, 6.07) is 9.02. The van der Waals surface area contributed by atoms with Crippen LogP contribution in [0.25, 0.3) is 0 Å². The fourth-order valence-corrected chi connectivity index (χ4v) is 2.34. The topological polar surface area (TPSA) is 12.5 Å². The van der Waals surface area contributed by atoms with Crippen LogP contribution in [0.3, 0.4) is 0 Å². The van der Waals surface area contributed by atoms with Gasteiger partial charge in [-0.25, -0.2) is 0 Å². The molecule has 0 unspecified atom stereocenters. The van der Waals surface area contributed by atoms with E-state index in [9.17, 15) is 0 Å². The van der Waals surface area contributed by atoms with Crippen LogP contribution in [0.4, 0.5) is 0 Å². The Labute approximate surface area is 105 Å². The number of morpholine rings is 1. The molecule has 0 amide bonds. The van der Waals surface area contributed by atoms with Crippen molar-refractivity contribution in [3.8, 4) is 0 Å². The van der Waals surface area contributed by atoms with E-state index in [1.807, 2.05) is 0 Å². The zero-order valence-electron chi connectivity index (χ0n) is 11.0. The number of hydrogen-bond acceptors (Lipinski definition) is 2. The van der Waals surface area contributed by atoms with Gasteiger partial charge < -0.3 is 4.74 Å². The predicted molar refractivity (Wildman–Crippen MR) is 71.1 cm³/mol. The molecule has 0 aromatic heterocycles. The molecule has 1 aliphatic rings. The van der Waals surface area contributed by atoms with E-state index < -0.39 is 0 Å². The fraction of sp³-hybridized carbons (Fsp3) is 0.600. The minimum Gasteiger partial charge on any atom is -0.379 e. The Morgan fingerprint density at radius 3 is 2.59 bits per heavy atom. The van der Waals surface area contributed by atoms with E-state index in [0.717, 1.165) is 38.8 Å². The number of hydrogen-bond donors (Lipinski definition) is 0. The first kappa shape index (κ1) is 12.6. The molecule has 1 aromatic carbocycles. The van der Waals surface area contributed by atoms with Crippen LogP contribution in [0.1, 0.15) is 25.0 Å². The van der Waals surface area contributed by atoms with E-state index in [0.29, 0.717) is 0 Å². The molecule has 0 bridgehead atoms. The monoisotopic (exact) mass is 233 g/mol. The van der Waals surface area contributed by atoms with Gasteiger partial charge in [-0.2, -0.15) is 0 Å². The average molecular weight is 233 g/mol. The lowest BCUT2D eigenvalue weighted by Gasteiger charge is -2.26. The summed E-state index contributed by atoms with van der Waals surface area (Å²) in [5.41, 5.74) is 2.90. The highest BCUT2D eigenvalue weighted by molar-refractivity contribution is 5.23. The van der Waals surface area contributed by atoms with Gasteiger partial charge in [-0.05, 0) is 23.5 Å². The first-order valence-electron chi connectivity index (χ1n) is 6.62. The third-order valence-corrected chi connectivity index (χ3v) is 3.15. The molecule has 0 saturated carbocycles. The number of rotatable bonds is 4. The van der Waals surface area contributed by atoms with Gasteiger partial charge in [-0.1, -0.05) is 38.1 Å². The molecule has 0 N–H and O–H groups in total. The van der Waals surface area contributed by atoms with Gasteiger partial charge in [0.1, 0.15) is 0 Å². The van der Waals surface area contributed by atoms with Gasteiger partial charge in [0.15, 0.2) is 0 Å². The molecule has 0 aliphatic carbocycles. The van der Waals surface area contributed by atoms with Crippen LogP contribution in [-0.4, -0.2) is 31.2 Å². The van der Waals surface area contributed by atoms with Crippen LogP contribution < -0.4 is 0 Å². The number of ether oxygens (including phenoxy) is 1. The lowest BCUT2D eigenvalue weighted by molar-refractivity contribution is 0.0342. The predicted octanol–water partition coefficient (Wildman–Crippen LogP) is 2.72. The minimum atomic E-state index is 0.730. The molecule has 0 atom stereocenters. The van der Waals surface area contributed by atoms with Crippen LogP contribution in [0.5, 0.6) is 0 Å². The van der Waals surface area contributed by atoms with E-state index in [1.165, 1.54) is 17.5 Å². The summed E-state index contributed by atoms with van der Waals surface area (Å²) in [7, 11) is 0. The van der Waals surface area contributed by atoms with E-state index in [2.05, 4.69) is 43.0 Å². The van der Waals surface area contributed by atoms with Gasteiger partial charge in [-0.15, -0.1) is 0 Å². The maximum absolute atomic E-state index is 5.37. The lowest BCUT2D eigenvalue weighted by Crippen LogP contribution is -2.35. The fourth-order valence-electron chi connectivity index (χ4n) is 2.34. The second-order valence-electron chi connectivity index (χ2n) is 5.31. The van der Waals surface area contributed by atoms with Gasteiger partial charge in [0.2, 0.25) is 0 Å². The normalized spacial score (nSPS) is 17.6. The summed E-state index contributed by atoms with van der Waals surface area (Å²) in [5, 5.41) is 0. The summed E-state index contributed by atoms with van der Waals surface area (Å²) in [4.78, 5) is 2.47. The first-order chi connectivity index (χ1) is 8.24. The molecule has 2 rings (SSSR count). The molecule has 0 spiro atoms. The van der Waals surface area contributed by atoms with Crippen molar-refractivity contribution in [2.45, 2.75) is 26.8 Å². The molecule has 0 radical (unpaired) electrons. The molecule has 2 heteroatoms. The summed E-state index contributed by atoms with van der Waals surface area (Å²) in [6.45, 7) is 9.50. The van der Waals surface area contributed by atoms with Crippen LogP contribution >= 0.6 is 0 Å². The molecular weight excluding hydrogens is 210 g/mol. The van der Waals surface area contributed by atoms with Crippen molar-refractivity contribution in [3.63, 3.8) is 0 Å². The van der Waals surface area contributed by atoms with E-state index in [1.54, 1.807) is 0 Å². The van der Waals surface area contributed by atoms with Crippen LogP contribution in [-0.2, 0) is 17.7 Å². The third kappa shape index (κ3) is 4.14. The van der Waals surface area contributed by atoms with Crippen LogP contribution in [0, 0.1) is 5.92 Å². The zero-order valence-corrected chi connectivity index (χ0v) is 11.0. The van der Waals surface area contributed by atoms with Gasteiger partial charge in [0, 0.05) is 19.6 Å². The van der Waals surface area contributed by atoms with Crippen molar-refractivity contribution in [1.29, 1.82) is 0 Å². The Kier molecular flexibility index (Phi) is 4.57. The zero-order chi connectivity index (χ0) is 12.1. The SMILES string of the molecule is CC(C)Cc1cccc(CN2CCOCC2)c1. The van der Waals surface area contributed by atoms with Gasteiger partial charge >= 0.3 is 0 Å². The molecule has 1 saturated heterocycles. The van der Waals surface area contributed by atoms with Crippen molar-refractivity contribution in [2.75, 3.05) is 26.3 Å². The summed E-state index contributed by atoms with van der Waals surface area (Å²) in [5.74, 6) is 0.730. The standard InChI is InChI=1S/C15H23NO/c1-13(2)10-14-4-3-5-15(11-14)12-16-6-8-17-9-7-16/h3-5,11,13H,6-10,12H2,1-2H3. The van der Waals surface area contributed by atoms with E-state index >= 15 is 0 Å².